The van der Waals surface area contributed by atoms with Crippen LogP contribution in [-0.2, 0) is 11.8 Å². The second-order valence-electron chi connectivity index (χ2n) is 11.3. The summed E-state index contributed by atoms with van der Waals surface area (Å²) in [7, 11) is 3.65. The molecular formula is C32H35N7O3. The van der Waals surface area contributed by atoms with E-state index in [-0.39, 0.29) is 11.8 Å². The maximum Gasteiger partial charge on any atom is 0.270 e. The summed E-state index contributed by atoms with van der Waals surface area (Å²) in [5.41, 5.74) is 7.08. The van der Waals surface area contributed by atoms with Crippen LogP contribution in [0.2, 0.25) is 0 Å². The molecule has 7 heterocycles. The topological polar surface area (TPSA) is 100 Å². The van der Waals surface area contributed by atoms with Crippen molar-refractivity contribution in [3.05, 3.63) is 59.4 Å². The summed E-state index contributed by atoms with van der Waals surface area (Å²) in [6.07, 6.45) is 9.22. The number of aromatic nitrogens is 6. The molecule has 0 aromatic carbocycles. The van der Waals surface area contributed by atoms with Gasteiger partial charge in [0.25, 0.3) is 5.91 Å². The zero-order valence-corrected chi connectivity index (χ0v) is 24.6. The van der Waals surface area contributed by atoms with Gasteiger partial charge in [-0.25, -0.2) is 9.67 Å². The Morgan fingerprint density at radius 2 is 1.83 bits per heavy atom. The van der Waals surface area contributed by atoms with Crippen LogP contribution >= 0.6 is 0 Å². The molecule has 0 radical (unpaired) electrons. The van der Waals surface area contributed by atoms with Gasteiger partial charge >= 0.3 is 0 Å². The summed E-state index contributed by atoms with van der Waals surface area (Å²) in [6.45, 7) is 7.09. The van der Waals surface area contributed by atoms with Gasteiger partial charge in [0.1, 0.15) is 11.4 Å². The monoisotopic (exact) mass is 565 g/mol. The zero-order valence-electron chi connectivity index (χ0n) is 24.6. The summed E-state index contributed by atoms with van der Waals surface area (Å²) in [4.78, 5) is 30.2. The van der Waals surface area contributed by atoms with E-state index in [0.717, 1.165) is 100 Å². The molecule has 10 heteroatoms. The number of carbonyl (C=O) groups is 1. The maximum atomic E-state index is 13.7. The Labute approximate surface area is 244 Å². The normalized spacial score (nSPS) is 16.1. The highest BCUT2D eigenvalue weighted by atomic mass is 16.5. The molecule has 216 valence electrons. The molecule has 0 unspecified atom stereocenters. The number of methoxy groups -OCH3 is 1. The molecule has 2 saturated heterocycles. The van der Waals surface area contributed by atoms with E-state index in [4.69, 9.17) is 24.5 Å². The average molecular weight is 566 g/mol. The number of fused-ring (bicyclic) bond motifs is 2. The third-order valence-corrected chi connectivity index (χ3v) is 8.90. The minimum Gasteiger partial charge on any atom is -0.496 e. The number of hydrogen-bond donors (Lipinski definition) is 0. The standard InChI is InChI=1S/C32H35N7O3/c1-19-29-26(37(3)31(19)32(40)38-11-5-6-12-38)16-28(36-30(29)21-8-13-42-14-9-21)39-25-15-24(35-20(2)22(25)18-34-39)23-17-33-10-7-27(23)41-4/h7,10,15-18,21H,5-6,8-9,11-14H2,1-4H3. The van der Waals surface area contributed by atoms with E-state index in [1.54, 1.807) is 19.5 Å². The Kier molecular flexibility index (Phi) is 6.65. The number of likely N-dealkylation sites (tertiary alicyclic amines) is 1. The molecule has 1 amide bonds. The average Bonchev–Trinajstić information content (AvgIpc) is 3.76. The predicted molar refractivity (Wildman–Crippen MR) is 160 cm³/mol. The third kappa shape index (κ3) is 4.24. The lowest BCUT2D eigenvalue weighted by Gasteiger charge is -2.23. The Balaban J connectivity index is 1.44. The molecule has 5 aromatic heterocycles. The molecule has 0 N–H and O–H groups in total. The molecule has 0 aliphatic carbocycles. The number of rotatable bonds is 5. The van der Waals surface area contributed by atoms with Gasteiger partial charge in [-0.05, 0) is 57.2 Å². The first-order valence-electron chi connectivity index (χ1n) is 14.7. The van der Waals surface area contributed by atoms with Crippen molar-refractivity contribution in [1.82, 2.24) is 34.2 Å². The van der Waals surface area contributed by atoms with E-state index < -0.39 is 0 Å². The maximum absolute atomic E-state index is 13.7. The Hall–Kier alpha value is -4.31. The third-order valence-electron chi connectivity index (χ3n) is 8.90. The van der Waals surface area contributed by atoms with Crippen LogP contribution in [0.15, 0.2) is 36.8 Å². The first-order valence-corrected chi connectivity index (χ1v) is 14.7. The lowest BCUT2D eigenvalue weighted by atomic mass is 9.92. The first-order chi connectivity index (χ1) is 20.5. The SMILES string of the molecule is COc1ccncc1-c1cc2c(cnn2-c2cc3c(c(C4CCOCC4)n2)c(C)c(C(=O)N2CCCC2)n3C)c(C)n1. The molecule has 0 saturated carbocycles. The Morgan fingerprint density at radius 3 is 2.60 bits per heavy atom. The summed E-state index contributed by atoms with van der Waals surface area (Å²) in [5.74, 6) is 1.76. The highest BCUT2D eigenvalue weighted by Crippen LogP contribution is 2.38. The Morgan fingerprint density at radius 1 is 1.05 bits per heavy atom. The minimum atomic E-state index is 0.101. The summed E-state index contributed by atoms with van der Waals surface area (Å²) >= 11 is 0. The van der Waals surface area contributed by atoms with Crippen LogP contribution in [0, 0.1) is 13.8 Å². The van der Waals surface area contributed by atoms with Crippen LogP contribution in [0.1, 0.15) is 59.0 Å². The van der Waals surface area contributed by atoms with E-state index in [2.05, 4.69) is 22.5 Å². The van der Waals surface area contributed by atoms with Crippen molar-refractivity contribution >= 4 is 27.7 Å². The highest BCUT2D eigenvalue weighted by Gasteiger charge is 2.30. The van der Waals surface area contributed by atoms with Crippen LogP contribution in [-0.4, -0.2) is 73.5 Å². The zero-order chi connectivity index (χ0) is 29.0. The molecule has 2 aliphatic rings. The Bertz CT molecular complexity index is 1830. The van der Waals surface area contributed by atoms with Crippen molar-refractivity contribution in [2.24, 2.45) is 7.05 Å². The lowest BCUT2D eigenvalue weighted by Crippen LogP contribution is -2.29. The van der Waals surface area contributed by atoms with Gasteiger partial charge < -0.3 is 18.9 Å². The first kappa shape index (κ1) is 26.6. The summed E-state index contributed by atoms with van der Waals surface area (Å²) in [6, 6.07) is 5.92. The number of carbonyl (C=O) groups excluding carboxylic acids is 1. The second kappa shape index (κ2) is 10.5. The molecule has 2 fully saturated rings. The molecule has 0 spiro atoms. The van der Waals surface area contributed by atoms with Crippen LogP contribution in [0.25, 0.3) is 38.9 Å². The van der Waals surface area contributed by atoms with E-state index in [1.165, 1.54) is 0 Å². The quantitative estimate of drug-likeness (QED) is 0.291. The van der Waals surface area contributed by atoms with Gasteiger partial charge in [-0.1, -0.05) is 0 Å². The largest absolute Gasteiger partial charge is 0.496 e. The predicted octanol–water partition coefficient (Wildman–Crippen LogP) is 5.12. The van der Waals surface area contributed by atoms with Gasteiger partial charge in [0.2, 0.25) is 0 Å². The van der Waals surface area contributed by atoms with E-state index in [1.807, 2.05) is 41.9 Å². The van der Waals surface area contributed by atoms with Crippen LogP contribution < -0.4 is 4.74 Å². The van der Waals surface area contributed by atoms with Gasteiger partial charge in [-0.15, -0.1) is 0 Å². The number of nitrogens with zero attached hydrogens (tertiary/aromatic N) is 7. The molecular weight excluding hydrogens is 530 g/mol. The number of pyridine rings is 3. The van der Waals surface area contributed by atoms with Crippen LogP contribution in [0.3, 0.4) is 0 Å². The highest BCUT2D eigenvalue weighted by molar-refractivity contribution is 6.03. The molecule has 2 aliphatic heterocycles. The molecule has 7 rings (SSSR count). The lowest BCUT2D eigenvalue weighted by molar-refractivity contribution is 0.0783. The van der Waals surface area contributed by atoms with Crippen molar-refractivity contribution in [2.45, 2.75) is 45.4 Å². The fourth-order valence-corrected chi connectivity index (χ4v) is 6.68. The molecule has 0 atom stereocenters. The van der Waals surface area contributed by atoms with Gasteiger partial charge in [-0.2, -0.15) is 5.10 Å². The molecule has 42 heavy (non-hydrogen) atoms. The van der Waals surface area contributed by atoms with Crippen molar-refractivity contribution in [3.63, 3.8) is 0 Å². The number of ether oxygens (including phenoxy) is 2. The van der Waals surface area contributed by atoms with Gasteiger partial charge in [0, 0.05) is 74.2 Å². The number of aryl methyl sites for hydroxylation is 3. The van der Waals surface area contributed by atoms with E-state index in [9.17, 15) is 4.79 Å². The van der Waals surface area contributed by atoms with E-state index >= 15 is 0 Å². The summed E-state index contributed by atoms with van der Waals surface area (Å²) < 4.78 is 15.3. The molecule has 0 bridgehead atoms. The van der Waals surface area contributed by atoms with Gasteiger partial charge in [-0.3, -0.25) is 14.8 Å². The smallest absolute Gasteiger partial charge is 0.270 e. The van der Waals surface area contributed by atoms with Crippen molar-refractivity contribution < 1.29 is 14.3 Å². The van der Waals surface area contributed by atoms with Gasteiger partial charge in [0.15, 0.2) is 5.82 Å². The van der Waals surface area contributed by atoms with Crippen molar-refractivity contribution in [3.8, 4) is 22.8 Å². The number of hydrogen-bond acceptors (Lipinski definition) is 7. The number of amides is 1. The second-order valence-corrected chi connectivity index (χ2v) is 11.3. The van der Waals surface area contributed by atoms with Gasteiger partial charge in [0.05, 0.1) is 41.3 Å². The van der Waals surface area contributed by atoms with Crippen molar-refractivity contribution in [1.29, 1.82) is 0 Å². The van der Waals surface area contributed by atoms with Crippen LogP contribution in [0.5, 0.6) is 5.75 Å². The molecule has 10 nitrogen and oxygen atoms in total. The summed E-state index contributed by atoms with van der Waals surface area (Å²) in [5, 5.41) is 6.84. The minimum absolute atomic E-state index is 0.101. The fourth-order valence-electron chi connectivity index (χ4n) is 6.68. The van der Waals surface area contributed by atoms with E-state index in [0.29, 0.717) is 19.0 Å². The molecule has 5 aromatic rings. The van der Waals surface area contributed by atoms with Crippen molar-refractivity contribution in [2.75, 3.05) is 33.4 Å². The fraction of sp³-hybridized carbons (Fsp3) is 0.406. The van der Waals surface area contributed by atoms with Crippen LogP contribution in [0.4, 0.5) is 0 Å².